The highest BCUT2D eigenvalue weighted by molar-refractivity contribution is 7.92. The molecule has 0 aliphatic rings. The van der Waals surface area contributed by atoms with E-state index in [1.807, 2.05) is 6.92 Å². The lowest BCUT2D eigenvalue weighted by atomic mass is 10.2. The van der Waals surface area contributed by atoms with E-state index in [4.69, 9.17) is 11.6 Å². The fraction of sp³-hybridized carbons (Fsp3) is 0.136. The maximum atomic E-state index is 12.6. The van der Waals surface area contributed by atoms with Gasteiger partial charge in [0.1, 0.15) is 6.54 Å². The van der Waals surface area contributed by atoms with Gasteiger partial charge in [0.25, 0.3) is 10.0 Å². The quantitative estimate of drug-likeness (QED) is 0.481. The summed E-state index contributed by atoms with van der Waals surface area (Å²) in [5.41, 5.74) is 2.00. The van der Waals surface area contributed by atoms with Crippen LogP contribution in [0.1, 0.15) is 5.56 Å². The van der Waals surface area contributed by atoms with Crippen LogP contribution in [0.5, 0.6) is 0 Å². The third kappa shape index (κ3) is 6.70. The molecule has 0 aliphatic carbocycles. The molecule has 11 heteroatoms. The van der Waals surface area contributed by atoms with Crippen molar-refractivity contribution in [3.8, 4) is 0 Å². The smallest absolute Gasteiger partial charge is 0.261 e. The van der Waals surface area contributed by atoms with Gasteiger partial charge in [-0.15, -0.1) is 0 Å². The topological polar surface area (TPSA) is 113 Å². The number of anilines is 3. The van der Waals surface area contributed by atoms with Crippen molar-refractivity contribution in [3.63, 3.8) is 0 Å². The first-order chi connectivity index (χ1) is 15.4. The zero-order valence-corrected chi connectivity index (χ0v) is 20.2. The van der Waals surface area contributed by atoms with E-state index in [1.54, 1.807) is 36.4 Å². The lowest BCUT2D eigenvalue weighted by Crippen LogP contribution is -2.37. The van der Waals surface area contributed by atoms with Crippen molar-refractivity contribution in [2.24, 2.45) is 0 Å². The van der Waals surface area contributed by atoms with Crippen molar-refractivity contribution >= 4 is 54.6 Å². The molecule has 0 heterocycles. The first-order valence-electron chi connectivity index (χ1n) is 9.67. The summed E-state index contributed by atoms with van der Waals surface area (Å²) in [5, 5.41) is 3.07. The largest absolute Gasteiger partial charge is 0.325 e. The molecule has 3 aromatic carbocycles. The Balaban J connectivity index is 1.70. The van der Waals surface area contributed by atoms with Gasteiger partial charge in [-0.05, 0) is 67.6 Å². The Kier molecular flexibility index (Phi) is 7.31. The van der Waals surface area contributed by atoms with Crippen LogP contribution in [0.25, 0.3) is 0 Å². The Morgan fingerprint density at radius 1 is 0.848 bits per heavy atom. The van der Waals surface area contributed by atoms with Gasteiger partial charge in [0.15, 0.2) is 0 Å². The second-order valence-corrected chi connectivity index (χ2v) is 11.3. The Hall–Kier alpha value is -3.08. The molecular formula is C22H22ClN3O5S2. The maximum Gasteiger partial charge on any atom is 0.261 e. The molecule has 174 valence electrons. The molecule has 8 nitrogen and oxygen atoms in total. The second kappa shape index (κ2) is 9.82. The minimum absolute atomic E-state index is 0.00660. The number of rotatable bonds is 8. The number of sulfonamides is 2. The van der Waals surface area contributed by atoms with Crippen molar-refractivity contribution in [3.05, 3.63) is 83.4 Å². The first kappa shape index (κ1) is 24.6. The van der Waals surface area contributed by atoms with Crippen molar-refractivity contribution in [1.29, 1.82) is 0 Å². The van der Waals surface area contributed by atoms with E-state index in [0.717, 1.165) is 16.1 Å². The minimum Gasteiger partial charge on any atom is -0.325 e. The van der Waals surface area contributed by atoms with E-state index < -0.39 is 32.5 Å². The average Bonchev–Trinajstić information content (AvgIpc) is 2.74. The van der Waals surface area contributed by atoms with E-state index in [-0.39, 0.29) is 4.90 Å². The summed E-state index contributed by atoms with van der Waals surface area (Å²) in [5.74, 6) is -0.573. The third-order valence-electron chi connectivity index (χ3n) is 4.55. The van der Waals surface area contributed by atoms with Gasteiger partial charge in [-0.1, -0.05) is 29.3 Å². The van der Waals surface area contributed by atoms with Gasteiger partial charge >= 0.3 is 0 Å². The molecule has 0 atom stereocenters. The number of carbonyl (C=O) groups is 1. The molecule has 0 fully saturated rings. The van der Waals surface area contributed by atoms with Crippen LogP contribution in [0, 0.1) is 6.92 Å². The number of halogens is 1. The van der Waals surface area contributed by atoms with E-state index in [0.29, 0.717) is 22.1 Å². The summed E-state index contributed by atoms with van der Waals surface area (Å²) in [6.45, 7) is 1.44. The van der Waals surface area contributed by atoms with Gasteiger partial charge in [0, 0.05) is 16.4 Å². The number of hydrogen-bond acceptors (Lipinski definition) is 5. The van der Waals surface area contributed by atoms with E-state index in [2.05, 4.69) is 10.0 Å². The SMILES string of the molecule is Cc1ccc(N(CC(=O)Nc2ccc(S(=O)(=O)Nc3ccc(Cl)cc3)cc2)S(C)(=O)=O)cc1. The second-order valence-electron chi connectivity index (χ2n) is 7.29. The van der Waals surface area contributed by atoms with Gasteiger partial charge < -0.3 is 5.32 Å². The highest BCUT2D eigenvalue weighted by Gasteiger charge is 2.21. The normalized spacial score (nSPS) is 11.6. The van der Waals surface area contributed by atoms with Crippen LogP contribution in [0.3, 0.4) is 0 Å². The Morgan fingerprint density at radius 3 is 1.94 bits per heavy atom. The molecule has 0 unspecified atom stereocenters. The third-order valence-corrected chi connectivity index (χ3v) is 7.34. The van der Waals surface area contributed by atoms with Gasteiger partial charge in [-0.3, -0.25) is 13.8 Å². The monoisotopic (exact) mass is 507 g/mol. The summed E-state index contributed by atoms with van der Waals surface area (Å²) < 4.78 is 52.9. The van der Waals surface area contributed by atoms with E-state index in [1.165, 1.54) is 36.4 Å². The van der Waals surface area contributed by atoms with Crippen LogP contribution in [0.15, 0.2) is 77.7 Å². The molecular weight excluding hydrogens is 486 g/mol. The average molecular weight is 508 g/mol. The van der Waals surface area contributed by atoms with Gasteiger partial charge in [-0.25, -0.2) is 16.8 Å². The van der Waals surface area contributed by atoms with Crippen LogP contribution < -0.4 is 14.3 Å². The number of nitrogens with zero attached hydrogens (tertiary/aromatic N) is 1. The fourth-order valence-electron chi connectivity index (χ4n) is 2.89. The van der Waals surface area contributed by atoms with Crippen molar-refractivity contribution in [2.75, 3.05) is 27.1 Å². The van der Waals surface area contributed by atoms with Gasteiger partial charge in [0.2, 0.25) is 15.9 Å². The molecule has 0 radical (unpaired) electrons. The van der Waals surface area contributed by atoms with Crippen molar-refractivity contribution in [2.45, 2.75) is 11.8 Å². The van der Waals surface area contributed by atoms with Crippen molar-refractivity contribution in [1.82, 2.24) is 0 Å². The summed E-state index contributed by atoms with van der Waals surface area (Å²) >= 11 is 5.81. The molecule has 0 spiro atoms. The molecule has 0 bridgehead atoms. The maximum absolute atomic E-state index is 12.6. The zero-order chi connectivity index (χ0) is 24.2. The molecule has 0 aromatic heterocycles. The molecule has 0 saturated heterocycles. The highest BCUT2D eigenvalue weighted by Crippen LogP contribution is 2.21. The Labute approximate surface area is 198 Å². The summed E-state index contributed by atoms with van der Waals surface area (Å²) in [6, 6.07) is 18.5. The molecule has 3 aromatic rings. The van der Waals surface area contributed by atoms with Crippen LogP contribution in [0.4, 0.5) is 17.1 Å². The number of aryl methyl sites for hydroxylation is 1. The molecule has 3 rings (SSSR count). The lowest BCUT2D eigenvalue weighted by Gasteiger charge is -2.22. The van der Waals surface area contributed by atoms with Crippen molar-refractivity contribution < 1.29 is 21.6 Å². The lowest BCUT2D eigenvalue weighted by molar-refractivity contribution is -0.114. The van der Waals surface area contributed by atoms with Crippen LogP contribution in [0.2, 0.25) is 5.02 Å². The summed E-state index contributed by atoms with van der Waals surface area (Å²) in [7, 11) is -7.54. The summed E-state index contributed by atoms with van der Waals surface area (Å²) in [6.07, 6.45) is 1.02. The predicted octanol–water partition coefficient (Wildman–Crippen LogP) is 3.85. The van der Waals surface area contributed by atoms with E-state index in [9.17, 15) is 21.6 Å². The number of nitrogens with one attached hydrogen (secondary N) is 2. The number of benzene rings is 3. The first-order valence-corrected chi connectivity index (χ1v) is 13.4. The molecule has 0 aliphatic heterocycles. The number of amides is 1. The van der Waals surface area contributed by atoms with Crippen LogP contribution in [-0.4, -0.2) is 35.5 Å². The molecule has 0 saturated carbocycles. The molecule has 2 N–H and O–H groups in total. The zero-order valence-electron chi connectivity index (χ0n) is 17.8. The van der Waals surface area contributed by atoms with Gasteiger partial charge in [-0.2, -0.15) is 0 Å². The highest BCUT2D eigenvalue weighted by atomic mass is 35.5. The Morgan fingerprint density at radius 2 is 1.39 bits per heavy atom. The van der Waals surface area contributed by atoms with E-state index >= 15 is 0 Å². The van der Waals surface area contributed by atoms with Gasteiger partial charge in [0.05, 0.1) is 16.8 Å². The summed E-state index contributed by atoms with van der Waals surface area (Å²) in [4.78, 5) is 12.5. The molecule has 33 heavy (non-hydrogen) atoms. The van der Waals surface area contributed by atoms with Crippen LogP contribution in [-0.2, 0) is 24.8 Å². The minimum atomic E-state index is -3.84. The fourth-order valence-corrected chi connectivity index (χ4v) is 4.93. The standard InChI is InChI=1S/C22H22ClN3O5S2/c1-16-3-11-20(12-4-16)26(32(2,28)29)15-22(27)24-18-9-13-21(14-10-18)33(30,31)25-19-7-5-17(23)6-8-19/h3-14,25H,15H2,1-2H3,(H,24,27). The Bertz CT molecular complexity index is 1340. The predicted molar refractivity (Wildman–Crippen MR) is 131 cm³/mol. The van der Waals surface area contributed by atoms with Crippen LogP contribution >= 0.6 is 11.6 Å². The number of hydrogen-bond donors (Lipinski definition) is 2. The number of carbonyl (C=O) groups excluding carboxylic acids is 1. The molecule has 1 amide bonds.